The van der Waals surface area contributed by atoms with E-state index in [2.05, 4.69) is 12.2 Å². The van der Waals surface area contributed by atoms with Crippen LogP contribution in [0.1, 0.15) is 13.3 Å². The minimum Gasteiger partial charge on any atom is -0.330 e. The Bertz CT molecular complexity index is 517. The van der Waals surface area contributed by atoms with Gasteiger partial charge in [-0.25, -0.2) is 4.79 Å². The molecule has 2 unspecified atom stereocenters. The van der Waals surface area contributed by atoms with Crippen LogP contribution < -0.4 is 11.1 Å². The second-order valence-electron chi connectivity index (χ2n) is 5.44. The fourth-order valence-electron chi connectivity index (χ4n) is 2.51. The highest BCUT2D eigenvalue weighted by Crippen LogP contribution is 2.23. The standard InChI is InChI=1S/C14H20N4O3/c1-10-6-7-17(9-11(10)8-15)14(19)16-12-2-4-13(5-3-12)18(20)21/h2-5,10-11H,6-9,15H2,1H3,(H,16,19). The number of piperidine rings is 1. The number of nitro groups is 1. The lowest BCUT2D eigenvalue weighted by Crippen LogP contribution is -2.47. The summed E-state index contributed by atoms with van der Waals surface area (Å²) in [5, 5.41) is 13.3. The van der Waals surface area contributed by atoms with Crippen LogP contribution in [0, 0.1) is 22.0 Å². The van der Waals surface area contributed by atoms with Gasteiger partial charge in [0, 0.05) is 30.9 Å². The van der Waals surface area contributed by atoms with Gasteiger partial charge in [0.1, 0.15) is 0 Å². The van der Waals surface area contributed by atoms with E-state index in [0.29, 0.717) is 37.2 Å². The number of benzene rings is 1. The van der Waals surface area contributed by atoms with E-state index in [0.717, 1.165) is 6.42 Å². The van der Waals surface area contributed by atoms with Gasteiger partial charge in [0.2, 0.25) is 0 Å². The number of nitro benzene ring substituents is 1. The normalized spacial score (nSPS) is 21.9. The Morgan fingerprint density at radius 1 is 1.48 bits per heavy atom. The third-order valence-electron chi connectivity index (χ3n) is 4.03. The van der Waals surface area contributed by atoms with Crippen LogP contribution in [0.3, 0.4) is 0 Å². The lowest BCUT2D eigenvalue weighted by molar-refractivity contribution is -0.384. The van der Waals surface area contributed by atoms with Crippen molar-refractivity contribution in [1.82, 2.24) is 4.90 Å². The Labute approximate surface area is 123 Å². The Hall–Kier alpha value is -2.15. The summed E-state index contributed by atoms with van der Waals surface area (Å²) >= 11 is 0. The molecule has 7 heteroatoms. The average molecular weight is 292 g/mol. The summed E-state index contributed by atoms with van der Waals surface area (Å²) in [6, 6.07) is 5.62. The van der Waals surface area contributed by atoms with Crippen LogP contribution in [0.15, 0.2) is 24.3 Å². The molecule has 2 amide bonds. The number of non-ortho nitro benzene ring substituents is 1. The second-order valence-corrected chi connectivity index (χ2v) is 5.44. The summed E-state index contributed by atoms with van der Waals surface area (Å²) in [6.07, 6.45) is 0.940. The van der Waals surface area contributed by atoms with E-state index in [1.54, 1.807) is 4.90 Å². The molecule has 0 bridgehead atoms. The highest BCUT2D eigenvalue weighted by atomic mass is 16.6. The minimum absolute atomic E-state index is 0.00277. The summed E-state index contributed by atoms with van der Waals surface area (Å²) in [7, 11) is 0. The third kappa shape index (κ3) is 3.69. The molecule has 2 atom stereocenters. The van der Waals surface area contributed by atoms with Gasteiger partial charge >= 0.3 is 6.03 Å². The number of nitrogens with zero attached hydrogens (tertiary/aromatic N) is 2. The number of nitrogens with two attached hydrogens (primary N) is 1. The van der Waals surface area contributed by atoms with Gasteiger partial charge < -0.3 is 16.0 Å². The second kappa shape index (κ2) is 6.53. The zero-order chi connectivity index (χ0) is 15.4. The number of likely N-dealkylation sites (tertiary alicyclic amines) is 1. The lowest BCUT2D eigenvalue weighted by atomic mass is 9.87. The Morgan fingerprint density at radius 2 is 2.14 bits per heavy atom. The molecular weight excluding hydrogens is 272 g/mol. The van der Waals surface area contributed by atoms with Crippen molar-refractivity contribution >= 4 is 17.4 Å². The topological polar surface area (TPSA) is 102 Å². The SMILES string of the molecule is CC1CCN(C(=O)Nc2ccc([N+](=O)[O-])cc2)CC1CN. The minimum atomic E-state index is -0.469. The summed E-state index contributed by atoms with van der Waals surface area (Å²) in [5.41, 5.74) is 6.28. The van der Waals surface area contributed by atoms with Gasteiger partial charge in [0.25, 0.3) is 5.69 Å². The largest absolute Gasteiger partial charge is 0.330 e. The van der Waals surface area contributed by atoms with E-state index >= 15 is 0 Å². The van der Waals surface area contributed by atoms with Crippen molar-refractivity contribution in [3.05, 3.63) is 34.4 Å². The molecule has 0 radical (unpaired) electrons. The number of anilines is 1. The fraction of sp³-hybridized carbons (Fsp3) is 0.500. The van der Waals surface area contributed by atoms with Crippen LogP contribution >= 0.6 is 0 Å². The monoisotopic (exact) mass is 292 g/mol. The highest BCUT2D eigenvalue weighted by Gasteiger charge is 2.27. The summed E-state index contributed by atoms with van der Waals surface area (Å²) in [6.45, 7) is 4.08. The summed E-state index contributed by atoms with van der Waals surface area (Å²) in [4.78, 5) is 24.1. The maximum Gasteiger partial charge on any atom is 0.321 e. The van der Waals surface area contributed by atoms with Crippen LogP contribution in [-0.2, 0) is 0 Å². The molecule has 1 aliphatic rings. The number of urea groups is 1. The Balaban J connectivity index is 1.96. The van der Waals surface area contributed by atoms with Crippen molar-refractivity contribution < 1.29 is 9.72 Å². The first-order valence-corrected chi connectivity index (χ1v) is 7.01. The molecule has 0 spiro atoms. The number of hydrogen-bond acceptors (Lipinski definition) is 4. The quantitative estimate of drug-likeness (QED) is 0.657. The number of carbonyl (C=O) groups excluding carboxylic acids is 1. The molecule has 1 heterocycles. The molecule has 1 aromatic carbocycles. The molecule has 1 fully saturated rings. The molecule has 1 aliphatic heterocycles. The van der Waals surface area contributed by atoms with E-state index in [-0.39, 0.29) is 11.7 Å². The number of amides is 2. The maximum absolute atomic E-state index is 12.2. The predicted octanol–water partition coefficient (Wildman–Crippen LogP) is 2.04. The third-order valence-corrected chi connectivity index (χ3v) is 4.03. The molecule has 2 rings (SSSR count). The van der Waals surface area contributed by atoms with Crippen molar-refractivity contribution in [2.75, 3.05) is 25.0 Å². The van der Waals surface area contributed by atoms with Crippen molar-refractivity contribution in [3.8, 4) is 0 Å². The molecule has 0 aromatic heterocycles. The molecular formula is C14H20N4O3. The number of nitrogens with one attached hydrogen (secondary N) is 1. The highest BCUT2D eigenvalue weighted by molar-refractivity contribution is 5.89. The number of rotatable bonds is 3. The first kappa shape index (κ1) is 15.2. The molecule has 21 heavy (non-hydrogen) atoms. The van der Waals surface area contributed by atoms with E-state index in [4.69, 9.17) is 5.73 Å². The van der Waals surface area contributed by atoms with Crippen LogP contribution in [0.2, 0.25) is 0 Å². The van der Waals surface area contributed by atoms with Crippen LogP contribution in [0.4, 0.5) is 16.2 Å². The first-order chi connectivity index (χ1) is 10.0. The van der Waals surface area contributed by atoms with Crippen LogP contribution in [-0.4, -0.2) is 35.5 Å². The molecule has 1 aromatic rings. The lowest BCUT2D eigenvalue weighted by Gasteiger charge is -2.36. The van der Waals surface area contributed by atoms with E-state index < -0.39 is 4.92 Å². The molecule has 3 N–H and O–H groups in total. The van der Waals surface area contributed by atoms with E-state index in [1.165, 1.54) is 24.3 Å². The van der Waals surface area contributed by atoms with Gasteiger partial charge in [-0.3, -0.25) is 10.1 Å². The van der Waals surface area contributed by atoms with Crippen molar-refractivity contribution in [3.63, 3.8) is 0 Å². The molecule has 1 saturated heterocycles. The number of carbonyl (C=O) groups is 1. The first-order valence-electron chi connectivity index (χ1n) is 7.01. The molecule has 114 valence electrons. The van der Waals surface area contributed by atoms with Gasteiger partial charge in [-0.2, -0.15) is 0 Å². The van der Waals surface area contributed by atoms with Gasteiger partial charge in [0.15, 0.2) is 0 Å². The average Bonchev–Trinajstić information content (AvgIpc) is 2.48. The van der Waals surface area contributed by atoms with Crippen molar-refractivity contribution in [2.24, 2.45) is 17.6 Å². The van der Waals surface area contributed by atoms with Crippen LogP contribution in [0.5, 0.6) is 0 Å². The van der Waals surface area contributed by atoms with Crippen molar-refractivity contribution in [1.29, 1.82) is 0 Å². The van der Waals surface area contributed by atoms with E-state index in [1.807, 2.05) is 0 Å². The molecule has 0 aliphatic carbocycles. The Kier molecular flexibility index (Phi) is 4.74. The zero-order valence-corrected chi connectivity index (χ0v) is 12.0. The Morgan fingerprint density at radius 3 is 2.71 bits per heavy atom. The van der Waals surface area contributed by atoms with Gasteiger partial charge in [0.05, 0.1) is 4.92 Å². The molecule has 0 saturated carbocycles. The van der Waals surface area contributed by atoms with Crippen molar-refractivity contribution in [2.45, 2.75) is 13.3 Å². The van der Waals surface area contributed by atoms with E-state index in [9.17, 15) is 14.9 Å². The smallest absolute Gasteiger partial charge is 0.321 e. The number of hydrogen-bond donors (Lipinski definition) is 2. The zero-order valence-electron chi connectivity index (χ0n) is 12.0. The summed E-state index contributed by atoms with van der Waals surface area (Å²) in [5.74, 6) is 0.847. The fourth-order valence-corrected chi connectivity index (χ4v) is 2.51. The van der Waals surface area contributed by atoms with Gasteiger partial charge in [-0.05, 0) is 36.9 Å². The van der Waals surface area contributed by atoms with Crippen LogP contribution in [0.25, 0.3) is 0 Å². The molecule has 7 nitrogen and oxygen atoms in total. The summed E-state index contributed by atoms with van der Waals surface area (Å²) < 4.78 is 0. The predicted molar refractivity (Wildman–Crippen MR) is 80.0 cm³/mol. The van der Waals surface area contributed by atoms with Gasteiger partial charge in [-0.15, -0.1) is 0 Å². The van der Waals surface area contributed by atoms with Gasteiger partial charge in [-0.1, -0.05) is 6.92 Å². The maximum atomic E-state index is 12.2.